The summed E-state index contributed by atoms with van der Waals surface area (Å²) in [7, 11) is 0. The first-order valence-electron chi connectivity index (χ1n) is 22.8. The molecule has 4 aliphatic carbocycles. The van der Waals surface area contributed by atoms with Gasteiger partial charge < -0.3 is 27.0 Å². The molecule has 9 fully saturated rings. The summed E-state index contributed by atoms with van der Waals surface area (Å²) in [6.45, 7) is 2.22. The number of amides is 1. The monoisotopic (exact) mass is 816 g/mol. The number of carbonyl (C=O) groups is 1. The number of hydrogen-bond acceptors (Lipinski definition) is 9. The van der Waals surface area contributed by atoms with Gasteiger partial charge in [-0.3, -0.25) is 47.3 Å². The summed E-state index contributed by atoms with van der Waals surface area (Å²) in [5.41, 5.74) is 5.02. The molecule has 55 heavy (non-hydrogen) atoms. The van der Waals surface area contributed by atoms with Gasteiger partial charge in [-0.2, -0.15) is 6.42 Å². The zero-order valence-electron chi connectivity index (χ0n) is 34.9. The topological polar surface area (TPSA) is 139 Å². The summed E-state index contributed by atoms with van der Waals surface area (Å²) in [5, 5.41) is 33.7. The molecule has 5 heterocycles. The Morgan fingerprint density at radius 2 is 0.782 bits per heavy atom. The van der Waals surface area contributed by atoms with Crippen LogP contribution in [0.5, 0.6) is 0 Å². The van der Waals surface area contributed by atoms with Crippen molar-refractivity contribution in [2.45, 2.75) is 204 Å². The van der Waals surface area contributed by atoms with Crippen molar-refractivity contribution in [3.63, 3.8) is 0 Å². The van der Waals surface area contributed by atoms with Gasteiger partial charge in [0.1, 0.15) is 0 Å². The molecular weight excluding hydrogens is 734 g/mol. The fraction of sp³-hybridized carbons (Fsp3) is 0.909. The van der Waals surface area contributed by atoms with E-state index in [1.165, 1.54) is 128 Å². The predicted molar refractivity (Wildman–Crippen MR) is 221 cm³/mol. The van der Waals surface area contributed by atoms with Crippen molar-refractivity contribution >= 4 is 5.91 Å². The maximum atomic E-state index is 10.4. The molecule has 9 aliphatic rings. The number of nitrogens with two attached hydrogens (primary N) is 1. The second-order valence-electron chi connectivity index (χ2n) is 18.7. The van der Waals surface area contributed by atoms with E-state index in [4.69, 9.17) is 5.73 Å². The Hall–Kier alpha value is -0.331. The van der Waals surface area contributed by atoms with Crippen LogP contribution in [0, 0.1) is 68.6 Å². The zero-order chi connectivity index (χ0) is 35.4. The van der Waals surface area contributed by atoms with Gasteiger partial charge in [0.15, 0.2) is 0 Å². The Labute approximate surface area is 347 Å². The predicted octanol–water partition coefficient (Wildman–Crippen LogP) is 5.93. The number of primary amides is 1. The van der Waals surface area contributed by atoms with E-state index in [-0.39, 0.29) is 37.8 Å². The molecule has 10 nitrogen and oxygen atoms in total. The van der Waals surface area contributed by atoms with Gasteiger partial charge in [0.05, 0.1) is 43.2 Å². The number of fused-ring (bicyclic) bond motifs is 20. The van der Waals surface area contributed by atoms with E-state index in [0.29, 0.717) is 67.6 Å². The van der Waals surface area contributed by atoms with Gasteiger partial charge in [-0.25, -0.2) is 0 Å². The van der Waals surface area contributed by atoms with Crippen molar-refractivity contribution in [3.8, 4) is 0 Å². The summed E-state index contributed by atoms with van der Waals surface area (Å²) < 4.78 is 0. The van der Waals surface area contributed by atoms with Gasteiger partial charge in [-0.15, -0.1) is 5.92 Å². The van der Waals surface area contributed by atoms with Gasteiger partial charge in [0, 0.05) is 29.7 Å². The van der Waals surface area contributed by atoms with Crippen molar-refractivity contribution in [3.05, 3.63) is 21.3 Å². The molecule has 16 atom stereocenters. The molecule has 4 saturated carbocycles. The normalized spacial score (nSPS) is 44.1. The van der Waals surface area contributed by atoms with Crippen LogP contribution in [0.3, 0.4) is 0 Å². The van der Waals surface area contributed by atoms with Crippen LogP contribution in [0.25, 0.3) is 0 Å². The van der Waals surface area contributed by atoms with E-state index in [1.54, 1.807) is 0 Å². The van der Waals surface area contributed by atoms with Crippen molar-refractivity contribution < 1.29 is 21.9 Å². The van der Waals surface area contributed by atoms with Crippen LogP contribution in [-0.2, 0) is 21.9 Å². The van der Waals surface area contributed by atoms with Crippen LogP contribution < -0.4 is 48.3 Å². The molecule has 16 unspecified atom stereocenters. The Balaban J connectivity index is 0.000000340. The standard InChI is InChI=1S/C32H55N8.C10H21NO.2CH3.Cu/c1-2-10-18-17(9-1)25-33-26(18)38-28-21-13-5-6-14-22(21)30(35-28)40-32-24-16-8-7-15-23(24)31(36-32)39-29-20-12-4-3-11-19(20)27(34-29)37-25;1-2-3-4-5-6-7-8-9-10(11)12;;;/h9,17-40H,1-8,10-16H2;2-9H2,1H3,(H2,11,12);2*1H3;/q-1;;2*-1;. The van der Waals surface area contributed by atoms with E-state index in [9.17, 15) is 4.79 Å². The number of hydrogen-bond donors (Lipinski definition) is 9. The Morgan fingerprint density at radius 3 is 1.15 bits per heavy atom. The molecule has 1 amide bonds. The summed E-state index contributed by atoms with van der Waals surface area (Å²) >= 11 is 0. The quantitative estimate of drug-likeness (QED) is 0.0830. The van der Waals surface area contributed by atoms with Crippen LogP contribution in [0.1, 0.15) is 155 Å². The SMILES string of the molecule is CCCCCCCCCC(N)=O.[CH-]1CCCC2C3NC(NC4NC(NC5NC(NC6NC(N3)C3CCCCC63)C3CCCCC53)C3CCCCC43)C12.[CH3-].[CH3-].[Cu]. The van der Waals surface area contributed by atoms with E-state index in [1.807, 2.05) is 0 Å². The van der Waals surface area contributed by atoms with Crippen LogP contribution in [-0.4, -0.2) is 55.2 Å². The Morgan fingerprint density at radius 1 is 0.473 bits per heavy atom. The molecule has 0 spiro atoms. The first kappa shape index (κ1) is 45.7. The second-order valence-corrected chi connectivity index (χ2v) is 18.7. The van der Waals surface area contributed by atoms with Crippen LogP contribution >= 0.6 is 0 Å². The fourth-order valence-corrected chi connectivity index (χ4v) is 13.0. The van der Waals surface area contributed by atoms with E-state index in [2.05, 4.69) is 55.9 Å². The second kappa shape index (κ2) is 21.8. The summed E-state index contributed by atoms with van der Waals surface area (Å²) in [4.78, 5) is 10.4. The average Bonchev–Trinajstić information content (AvgIpc) is 3.90. The number of unbranched alkanes of at least 4 members (excludes halogenated alkanes) is 6. The third-order valence-corrected chi connectivity index (χ3v) is 15.6. The van der Waals surface area contributed by atoms with E-state index >= 15 is 0 Å². The van der Waals surface area contributed by atoms with Crippen molar-refractivity contribution in [2.24, 2.45) is 53.1 Å². The summed E-state index contributed by atoms with van der Waals surface area (Å²) in [5.74, 6) is 5.57. The first-order chi connectivity index (χ1) is 25.6. The van der Waals surface area contributed by atoms with Gasteiger partial charge in [0.2, 0.25) is 5.91 Å². The van der Waals surface area contributed by atoms with E-state index < -0.39 is 0 Å². The summed E-state index contributed by atoms with van der Waals surface area (Å²) in [6.07, 6.45) is 35.7. The van der Waals surface area contributed by atoms with Crippen LogP contribution in [0.2, 0.25) is 0 Å². The van der Waals surface area contributed by atoms with Gasteiger partial charge in [-0.05, 0) is 86.4 Å². The molecule has 1 radical (unpaired) electrons. The van der Waals surface area contributed by atoms with Crippen molar-refractivity contribution in [2.75, 3.05) is 0 Å². The molecule has 0 aromatic rings. The smallest absolute Gasteiger partial charge is 0.217 e. The van der Waals surface area contributed by atoms with Gasteiger partial charge >= 0.3 is 0 Å². The minimum Gasteiger partial charge on any atom is -0.370 e. The van der Waals surface area contributed by atoms with Crippen LogP contribution in [0.4, 0.5) is 0 Å². The number of carbonyl (C=O) groups excluding carboxylic acids is 1. The van der Waals surface area contributed by atoms with Gasteiger partial charge in [0.25, 0.3) is 0 Å². The number of nitrogens with one attached hydrogen (secondary N) is 8. The van der Waals surface area contributed by atoms with Crippen LogP contribution in [0.15, 0.2) is 0 Å². The molecule has 9 rings (SSSR count). The molecule has 8 bridgehead atoms. The molecule has 0 aromatic carbocycles. The Kier molecular flexibility index (Phi) is 18.1. The third-order valence-electron chi connectivity index (χ3n) is 15.6. The molecular formula is C44H82CuN9O-3. The number of rotatable bonds is 8. The minimum atomic E-state index is -0.163. The largest absolute Gasteiger partial charge is 0.370 e. The molecule has 0 aromatic heterocycles. The molecule has 5 saturated heterocycles. The fourth-order valence-electron chi connectivity index (χ4n) is 13.0. The maximum absolute atomic E-state index is 10.4. The zero-order valence-corrected chi connectivity index (χ0v) is 35.8. The summed E-state index contributed by atoms with van der Waals surface area (Å²) in [6, 6.07) is 0. The Bertz CT molecular complexity index is 943. The average molecular weight is 817 g/mol. The molecule has 5 aliphatic heterocycles. The van der Waals surface area contributed by atoms with Gasteiger partial charge in [-0.1, -0.05) is 96.8 Å². The molecule has 323 valence electrons. The molecule has 10 N–H and O–H groups in total. The van der Waals surface area contributed by atoms with Crippen molar-refractivity contribution in [1.29, 1.82) is 0 Å². The van der Waals surface area contributed by atoms with Crippen molar-refractivity contribution in [1.82, 2.24) is 42.5 Å². The first-order valence-corrected chi connectivity index (χ1v) is 22.8. The minimum absolute atomic E-state index is 0. The maximum Gasteiger partial charge on any atom is 0.217 e. The third kappa shape index (κ3) is 10.5. The molecule has 11 heteroatoms. The van der Waals surface area contributed by atoms with E-state index in [0.717, 1.165) is 48.3 Å².